The number of carbonyl (C=O) groups excluding carboxylic acids is 9. The number of rotatable bonds is 34. The van der Waals surface area contributed by atoms with Gasteiger partial charge in [-0.3, -0.25) is 57.7 Å². The molecule has 75 heavy (non-hydrogen) atoms. The summed E-state index contributed by atoms with van der Waals surface area (Å²) < 4.78 is 0. The summed E-state index contributed by atoms with van der Waals surface area (Å²) in [6, 6.07) is -12.7. The highest BCUT2D eigenvalue weighted by atomic mass is 32.1. The van der Waals surface area contributed by atoms with Crippen LogP contribution in [0.1, 0.15) is 114 Å². The zero-order valence-electron chi connectivity index (χ0n) is 44.4. The van der Waals surface area contributed by atoms with E-state index in [2.05, 4.69) is 83.4 Å². The Morgan fingerprint density at radius 1 is 0.587 bits per heavy atom. The van der Waals surface area contributed by atoms with Gasteiger partial charge in [-0.2, -0.15) is 25.3 Å². The van der Waals surface area contributed by atoms with Crippen LogP contribution in [-0.4, -0.2) is 166 Å². The third-order valence-electron chi connectivity index (χ3n) is 12.0. The molecular formula is C47H83N13O13S2. The van der Waals surface area contributed by atoms with Crippen LogP contribution in [-0.2, 0) is 52.7 Å². The third-order valence-corrected chi connectivity index (χ3v) is 12.8. The first kappa shape index (κ1) is 67.1. The lowest BCUT2D eigenvalue weighted by Crippen LogP contribution is -2.61. The Balaban J connectivity index is 3.42. The van der Waals surface area contributed by atoms with E-state index in [9.17, 15) is 63.0 Å². The van der Waals surface area contributed by atoms with Gasteiger partial charge in [-0.25, -0.2) is 0 Å². The summed E-state index contributed by atoms with van der Waals surface area (Å²) in [6.45, 7) is 16.0. The Bertz CT molecular complexity index is 2000. The van der Waals surface area contributed by atoms with Crippen molar-refractivity contribution in [1.29, 1.82) is 0 Å². The van der Waals surface area contributed by atoms with Gasteiger partial charge in [0.05, 0.1) is 12.5 Å². The molecule has 11 atom stereocenters. The summed E-state index contributed by atoms with van der Waals surface area (Å²) in [4.78, 5) is 150. The van der Waals surface area contributed by atoms with Crippen molar-refractivity contribution in [3.05, 3.63) is 0 Å². The fourth-order valence-electron chi connectivity index (χ4n) is 7.59. The lowest BCUT2D eigenvalue weighted by molar-refractivity contribution is -0.142. The first-order chi connectivity index (χ1) is 35.1. The molecule has 0 aromatic rings. The van der Waals surface area contributed by atoms with E-state index in [4.69, 9.17) is 11.5 Å². The lowest BCUT2D eigenvalue weighted by Gasteiger charge is -2.30. The Labute approximate surface area is 449 Å². The molecule has 9 amide bonds. The summed E-state index contributed by atoms with van der Waals surface area (Å²) in [5, 5.41) is 44.9. The van der Waals surface area contributed by atoms with Gasteiger partial charge in [0.1, 0.15) is 54.4 Å². The molecule has 0 aromatic heterocycles. The zero-order valence-corrected chi connectivity index (χ0v) is 46.2. The highest BCUT2D eigenvalue weighted by Crippen LogP contribution is 2.15. The second kappa shape index (κ2) is 33.9. The number of hydrogen-bond acceptors (Lipinski definition) is 15. The van der Waals surface area contributed by atoms with Crippen LogP contribution in [0.25, 0.3) is 0 Å². The number of hydrogen-bond donors (Lipinski definition) is 16. The van der Waals surface area contributed by atoms with Crippen LogP contribution in [0.2, 0.25) is 0 Å². The highest BCUT2D eigenvalue weighted by molar-refractivity contribution is 7.80. The number of carboxylic acids is 2. The quantitative estimate of drug-likeness (QED) is 0.0136. The van der Waals surface area contributed by atoms with E-state index in [0.29, 0.717) is 19.4 Å². The van der Waals surface area contributed by atoms with E-state index in [1.165, 1.54) is 6.92 Å². The molecule has 16 N–H and O–H groups in total. The molecule has 1 aliphatic rings. The maximum absolute atomic E-state index is 14.2. The topological polar surface area (TPSA) is 413 Å². The van der Waals surface area contributed by atoms with Crippen LogP contribution in [0.5, 0.6) is 0 Å². The Morgan fingerprint density at radius 3 is 1.49 bits per heavy atom. The molecule has 0 aromatic carbocycles. The molecule has 0 radical (unpaired) electrons. The molecule has 0 saturated carbocycles. The van der Waals surface area contributed by atoms with Crippen molar-refractivity contribution in [2.45, 2.75) is 174 Å². The van der Waals surface area contributed by atoms with Crippen LogP contribution in [0.15, 0.2) is 4.99 Å². The van der Waals surface area contributed by atoms with Crippen molar-refractivity contribution >= 4 is 96.3 Å². The molecule has 1 saturated heterocycles. The van der Waals surface area contributed by atoms with Crippen LogP contribution in [0.4, 0.5) is 0 Å². The molecule has 1 heterocycles. The largest absolute Gasteiger partial charge is 0.481 e. The predicted octanol–water partition coefficient (Wildman–Crippen LogP) is -2.61. The highest BCUT2D eigenvalue weighted by Gasteiger charge is 2.37. The van der Waals surface area contributed by atoms with Gasteiger partial charge in [0, 0.05) is 18.1 Å². The van der Waals surface area contributed by atoms with Crippen molar-refractivity contribution in [1.82, 2.24) is 53.2 Å². The number of aliphatic carboxylic acids is 2. The number of guanidine groups is 1. The summed E-state index contributed by atoms with van der Waals surface area (Å²) >= 11 is 8.29. The number of thiol groups is 2. The van der Waals surface area contributed by atoms with E-state index in [-0.39, 0.29) is 61.7 Å². The summed E-state index contributed by atoms with van der Waals surface area (Å²) in [5.41, 5.74) is 11.0. The van der Waals surface area contributed by atoms with Crippen molar-refractivity contribution < 1.29 is 63.0 Å². The number of aliphatic imine (C=N–C) groups is 1. The molecule has 26 nitrogen and oxygen atoms in total. The lowest BCUT2D eigenvalue weighted by atomic mass is 9.95. The van der Waals surface area contributed by atoms with E-state index < -0.39 is 144 Å². The first-order valence-electron chi connectivity index (χ1n) is 25.2. The molecule has 1 fully saturated rings. The second-order valence-electron chi connectivity index (χ2n) is 19.9. The SMILES string of the molecule is CC[C@H](C)[C@H](NC(=O)[C@H](CC(C)C)NC(=O)[C@@H]1CCCN1)C(=O)N[C@@H](CC(C)C)C(=O)N[C@@H](CCCN=C(N)N)C(=O)N[C@@H](CC(=O)O)C(=O)N[C@@H](CS)C(=O)N[C@@H](CS)C(=O)N[C@H](C(=O)N[C@@H](C)C(=O)O)C(C)C. The minimum Gasteiger partial charge on any atom is -0.481 e. The van der Waals surface area contributed by atoms with Gasteiger partial charge in [-0.1, -0.05) is 61.8 Å². The summed E-state index contributed by atoms with van der Waals surface area (Å²) in [5.74, 6) is -12.4. The van der Waals surface area contributed by atoms with Crippen molar-refractivity contribution in [2.24, 2.45) is 40.1 Å². The molecule has 0 bridgehead atoms. The Hall–Kier alpha value is -5.90. The maximum atomic E-state index is 14.2. The van der Waals surface area contributed by atoms with E-state index >= 15 is 0 Å². The monoisotopic (exact) mass is 1100 g/mol. The summed E-state index contributed by atoms with van der Waals surface area (Å²) in [6.07, 6.45) is 1.07. The van der Waals surface area contributed by atoms with Crippen molar-refractivity contribution in [3.8, 4) is 0 Å². The van der Waals surface area contributed by atoms with Gasteiger partial charge >= 0.3 is 11.9 Å². The fourth-order valence-corrected chi connectivity index (χ4v) is 8.11. The average molecular weight is 1100 g/mol. The number of amides is 9. The Morgan fingerprint density at radius 2 is 1.03 bits per heavy atom. The standard InChI is InChI=1S/C47H83N13O13S2/c1-10-25(8)36(60-41(67)30(18-23(4)5)54-37(63)27-13-11-15-50-27)45(71)56-29(17-22(2)3)39(65)53-28(14-12-16-51-47(48)49)38(64)55-31(19-34(61)62)40(66)57-32(20-74)42(68)58-33(21-75)43(69)59-35(24(6)7)44(70)52-26(9)46(72)73/h22-33,35-36,50,74-75H,10-21H2,1-9H3,(H,52,70)(H,53,65)(H,54,63)(H,55,64)(H,56,71)(H,57,66)(H,58,68)(H,59,69)(H,60,67)(H,61,62)(H,72,73)(H4,48,49,51)/t25-,26-,27-,28-,29-,30-,31-,32-,33-,35-,36-/m0/s1. The average Bonchev–Trinajstić information content (AvgIpc) is 3.88. The summed E-state index contributed by atoms with van der Waals surface area (Å²) in [7, 11) is 0. The fraction of sp³-hybridized carbons (Fsp3) is 0.745. The van der Waals surface area contributed by atoms with E-state index in [0.717, 1.165) is 6.42 Å². The smallest absolute Gasteiger partial charge is 0.325 e. The second-order valence-corrected chi connectivity index (χ2v) is 20.6. The molecule has 0 aliphatic carbocycles. The number of nitrogens with two attached hydrogens (primary N) is 2. The number of carboxylic acid groups (broad SMARTS) is 2. The molecule has 1 aliphatic heterocycles. The molecular weight excluding hydrogens is 1020 g/mol. The maximum Gasteiger partial charge on any atom is 0.325 e. The van der Waals surface area contributed by atoms with Gasteiger partial charge in [0.25, 0.3) is 0 Å². The van der Waals surface area contributed by atoms with Gasteiger partial charge in [-0.15, -0.1) is 0 Å². The van der Waals surface area contributed by atoms with Gasteiger partial charge in [0.2, 0.25) is 53.2 Å². The van der Waals surface area contributed by atoms with Gasteiger partial charge in [-0.05, 0) is 75.7 Å². The molecule has 426 valence electrons. The van der Waals surface area contributed by atoms with E-state index in [1.54, 1.807) is 34.6 Å². The predicted molar refractivity (Wildman–Crippen MR) is 285 cm³/mol. The van der Waals surface area contributed by atoms with Crippen molar-refractivity contribution in [2.75, 3.05) is 24.6 Å². The molecule has 0 unspecified atom stereocenters. The minimum absolute atomic E-state index is 0.00654. The first-order valence-corrected chi connectivity index (χ1v) is 26.5. The van der Waals surface area contributed by atoms with Crippen LogP contribution < -0.4 is 64.6 Å². The molecule has 28 heteroatoms. The minimum atomic E-state index is -1.87. The van der Waals surface area contributed by atoms with Crippen molar-refractivity contribution in [3.63, 3.8) is 0 Å². The van der Waals surface area contributed by atoms with Gasteiger partial charge < -0.3 is 74.8 Å². The van der Waals surface area contributed by atoms with Crippen LogP contribution in [0.3, 0.4) is 0 Å². The number of nitrogens with one attached hydrogen (secondary N) is 10. The zero-order chi connectivity index (χ0) is 57.3. The normalized spacial score (nSPS) is 17.2. The third kappa shape index (κ3) is 24.5. The number of nitrogens with zero attached hydrogens (tertiary/aromatic N) is 1. The van der Waals surface area contributed by atoms with Gasteiger partial charge in [0.15, 0.2) is 5.96 Å². The number of carbonyl (C=O) groups is 11. The molecule has 0 spiro atoms. The van der Waals surface area contributed by atoms with E-state index in [1.807, 2.05) is 20.8 Å². The Kier molecular flexibility index (Phi) is 30.3. The van der Waals surface area contributed by atoms with Crippen LogP contribution in [0, 0.1) is 23.7 Å². The van der Waals surface area contributed by atoms with Crippen LogP contribution >= 0.6 is 25.3 Å². The molecule has 1 rings (SSSR count).